The molecule has 0 aliphatic carbocycles. The van der Waals surface area contributed by atoms with E-state index in [0.717, 1.165) is 12.1 Å². The SMILES string of the molecule is CC(C)(C)[C@H](CCO)NCc1nc(-c2ccc(C(F)(F)F)cc2)no1. The van der Waals surface area contributed by atoms with Crippen LogP contribution in [0.2, 0.25) is 0 Å². The summed E-state index contributed by atoms with van der Waals surface area (Å²) in [5, 5.41) is 16.2. The van der Waals surface area contributed by atoms with Gasteiger partial charge in [0.15, 0.2) is 0 Å². The van der Waals surface area contributed by atoms with Gasteiger partial charge in [0.1, 0.15) is 0 Å². The van der Waals surface area contributed by atoms with Gasteiger partial charge < -0.3 is 14.9 Å². The second-order valence-corrected chi connectivity index (χ2v) is 6.90. The molecule has 0 amide bonds. The number of hydrogen-bond acceptors (Lipinski definition) is 5. The predicted octanol–water partition coefficient (Wildman–Crippen LogP) is 3.64. The standard InChI is InChI=1S/C17H22F3N3O2/c1-16(2,3)13(8-9-24)21-10-14-22-15(23-25-14)11-4-6-12(7-5-11)17(18,19)20/h4-7,13,21,24H,8-10H2,1-3H3/t13-/m0/s1. The van der Waals surface area contributed by atoms with Gasteiger partial charge in [-0.15, -0.1) is 0 Å². The van der Waals surface area contributed by atoms with Crippen LogP contribution in [0.3, 0.4) is 0 Å². The molecule has 1 aromatic carbocycles. The van der Waals surface area contributed by atoms with Crippen LogP contribution < -0.4 is 5.32 Å². The maximum Gasteiger partial charge on any atom is 0.416 e. The van der Waals surface area contributed by atoms with E-state index >= 15 is 0 Å². The Kier molecular flexibility index (Phi) is 5.84. The van der Waals surface area contributed by atoms with Crippen LogP contribution in [0.25, 0.3) is 11.4 Å². The molecule has 138 valence electrons. The van der Waals surface area contributed by atoms with Gasteiger partial charge in [0, 0.05) is 18.2 Å². The number of aliphatic hydroxyl groups excluding tert-OH is 1. The first kappa shape index (κ1) is 19.4. The van der Waals surface area contributed by atoms with Gasteiger partial charge in [0.2, 0.25) is 11.7 Å². The maximum absolute atomic E-state index is 12.6. The molecule has 1 heterocycles. The Labute approximate surface area is 144 Å². The fourth-order valence-electron chi connectivity index (χ4n) is 2.43. The zero-order valence-electron chi connectivity index (χ0n) is 14.4. The van der Waals surface area contributed by atoms with Crippen LogP contribution in [0.4, 0.5) is 13.2 Å². The molecule has 2 N–H and O–H groups in total. The molecule has 2 aromatic rings. The number of benzene rings is 1. The number of hydrogen-bond donors (Lipinski definition) is 2. The van der Waals surface area contributed by atoms with Gasteiger partial charge in [-0.1, -0.05) is 38.1 Å². The van der Waals surface area contributed by atoms with E-state index in [-0.39, 0.29) is 23.9 Å². The lowest BCUT2D eigenvalue weighted by Crippen LogP contribution is -2.40. The third kappa shape index (κ3) is 5.27. The van der Waals surface area contributed by atoms with E-state index in [1.165, 1.54) is 12.1 Å². The second-order valence-electron chi connectivity index (χ2n) is 6.90. The smallest absolute Gasteiger partial charge is 0.396 e. The van der Waals surface area contributed by atoms with Crippen molar-refractivity contribution in [1.82, 2.24) is 15.5 Å². The van der Waals surface area contributed by atoms with Crippen LogP contribution in [0.15, 0.2) is 28.8 Å². The van der Waals surface area contributed by atoms with Gasteiger partial charge in [0.25, 0.3) is 0 Å². The average Bonchev–Trinajstić information content (AvgIpc) is 2.98. The lowest BCUT2D eigenvalue weighted by atomic mass is 9.85. The van der Waals surface area contributed by atoms with Gasteiger partial charge in [-0.2, -0.15) is 18.2 Å². The minimum atomic E-state index is -4.38. The van der Waals surface area contributed by atoms with Crippen molar-refractivity contribution in [3.8, 4) is 11.4 Å². The Morgan fingerprint density at radius 3 is 2.32 bits per heavy atom. The third-order valence-corrected chi connectivity index (χ3v) is 3.90. The zero-order valence-corrected chi connectivity index (χ0v) is 14.4. The summed E-state index contributed by atoms with van der Waals surface area (Å²) in [4.78, 5) is 4.20. The molecule has 1 aromatic heterocycles. The summed E-state index contributed by atoms with van der Waals surface area (Å²) in [5.41, 5.74) is -0.330. The van der Waals surface area contributed by atoms with Crippen LogP contribution >= 0.6 is 0 Å². The number of alkyl halides is 3. The molecule has 0 spiro atoms. The fraction of sp³-hybridized carbons (Fsp3) is 0.529. The summed E-state index contributed by atoms with van der Waals surface area (Å²) in [6, 6.07) is 4.66. The van der Waals surface area contributed by atoms with Gasteiger partial charge >= 0.3 is 6.18 Å². The molecule has 0 saturated heterocycles. The topological polar surface area (TPSA) is 71.2 Å². The highest BCUT2D eigenvalue weighted by molar-refractivity contribution is 5.54. The van der Waals surface area contributed by atoms with Crippen molar-refractivity contribution in [2.45, 2.75) is 46.0 Å². The molecule has 5 nitrogen and oxygen atoms in total. The van der Waals surface area contributed by atoms with Crippen LogP contribution in [-0.2, 0) is 12.7 Å². The summed E-state index contributed by atoms with van der Waals surface area (Å²) in [6.07, 6.45) is -3.79. The first-order valence-corrected chi connectivity index (χ1v) is 7.95. The fourth-order valence-corrected chi connectivity index (χ4v) is 2.43. The zero-order chi connectivity index (χ0) is 18.7. The Balaban J connectivity index is 2.04. The van der Waals surface area contributed by atoms with E-state index < -0.39 is 11.7 Å². The number of rotatable bonds is 6. The quantitative estimate of drug-likeness (QED) is 0.826. The molecule has 0 aliphatic heterocycles. The van der Waals surface area contributed by atoms with Crippen molar-refractivity contribution >= 4 is 0 Å². The summed E-state index contributed by atoms with van der Waals surface area (Å²) in [6.45, 7) is 6.55. The maximum atomic E-state index is 12.6. The predicted molar refractivity (Wildman–Crippen MR) is 86.5 cm³/mol. The number of nitrogens with zero attached hydrogens (tertiary/aromatic N) is 2. The lowest BCUT2D eigenvalue weighted by Gasteiger charge is -2.30. The summed E-state index contributed by atoms with van der Waals surface area (Å²) < 4.78 is 42.9. The number of halogens is 3. The largest absolute Gasteiger partial charge is 0.416 e. The van der Waals surface area contributed by atoms with Crippen LogP contribution in [0.1, 0.15) is 38.6 Å². The van der Waals surface area contributed by atoms with Gasteiger partial charge in [-0.3, -0.25) is 0 Å². The molecule has 25 heavy (non-hydrogen) atoms. The van der Waals surface area contributed by atoms with E-state index in [0.29, 0.717) is 24.4 Å². The summed E-state index contributed by atoms with van der Waals surface area (Å²) in [5.74, 6) is 0.571. The molecular formula is C17H22F3N3O2. The Bertz CT molecular complexity index is 676. The molecule has 0 radical (unpaired) electrons. The minimum absolute atomic E-state index is 0.0546. The van der Waals surface area contributed by atoms with E-state index in [9.17, 15) is 13.2 Å². The summed E-state index contributed by atoms with van der Waals surface area (Å²) in [7, 11) is 0. The monoisotopic (exact) mass is 357 g/mol. The minimum Gasteiger partial charge on any atom is -0.396 e. The highest BCUT2D eigenvalue weighted by Gasteiger charge is 2.30. The number of nitrogens with one attached hydrogen (secondary N) is 1. The number of aliphatic hydroxyl groups is 1. The molecule has 0 fully saturated rings. The molecule has 0 saturated carbocycles. The Hall–Kier alpha value is -1.93. The highest BCUT2D eigenvalue weighted by atomic mass is 19.4. The lowest BCUT2D eigenvalue weighted by molar-refractivity contribution is -0.137. The van der Waals surface area contributed by atoms with Gasteiger partial charge in [0.05, 0.1) is 12.1 Å². The second kappa shape index (κ2) is 7.53. The molecule has 2 rings (SSSR count). The molecule has 1 atom stereocenters. The van der Waals surface area contributed by atoms with Crippen molar-refractivity contribution < 1.29 is 22.8 Å². The molecule has 0 aliphatic rings. The van der Waals surface area contributed by atoms with Crippen LogP contribution in [0, 0.1) is 5.41 Å². The normalized spacial score (nSPS) is 13.9. The Morgan fingerprint density at radius 1 is 1.16 bits per heavy atom. The molecule has 0 bridgehead atoms. The molecule has 8 heteroatoms. The van der Waals surface area contributed by atoms with E-state index in [1.54, 1.807) is 0 Å². The Morgan fingerprint density at radius 2 is 1.80 bits per heavy atom. The van der Waals surface area contributed by atoms with E-state index in [2.05, 4.69) is 36.2 Å². The molecule has 0 unspecified atom stereocenters. The first-order chi connectivity index (χ1) is 11.6. The van der Waals surface area contributed by atoms with Crippen LogP contribution in [0.5, 0.6) is 0 Å². The van der Waals surface area contributed by atoms with Gasteiger partial charge in [-0.25, -0.2) is 0 Å². The van der Waals surface area contributed by atoms with Gasteiger partial charge in [-0.05, 0) is 24.0 Å². The van der Waals surface area contributed by atoms with Crippen molar-refractivity contribution in [2.24, 2.45) is 5.41 Å². The summed E-state index contributed by atoms with van der Waals surface area (Å²) >= 11 is 0. The van der Waals surface area contributed by atoms with Crippen molar-refractivity contribution in [2.75, 3.05) is 6.61 Å². The number of aromatic nitrogens is 2. The van der Waals surface area contributed by atoms with E-state index in [4.69, 9.17) is 9.63 Å². The first-order valence-electron chi connectivity index (χ1n) is 7.95. The highest BCUT2D eigenvalue weighted by Crippen LogP contribution is 2.30. The van der Waals surface area contributed by atoms with E-state index in [1.807, 2.05) is 0 Å². The third-order valence-electron chi connectivity index (χ3n) is 3.90. The molecular weight excluding hydrogens is 335 g/mol. The van der Waals surface area contributed by atoms with Crippen molar-refractivity contribution in [3.63, 3.8) is 0 Å². The van der Waals surface area contributed by atoms with Crippen LogP contribution in [-0.4, -0.2) is 27.9 Å². The van der Waals surface area contributed by atoms with Crippen molar-refractivity contribution in [3.05, 3.63) is 35.7 Å². The average molecular weight is 357 g/mol. The van der Waals surface area contributed by atoms with Crippen molar-refractivity contribution in [1.29, 1.82) is 0 Å².